The van der Waals surface area contributed by atoms with Crippen LogP contribution in [-0.4, -0.2) is 10.7 Å². The molecule has 1 heterocycles. The zero-order valence-corrected chi connectivity index (χ0v) is 15.0. The van der Waals surface area contributed by atoms with Crippen molar-refractivity contribution in [3.8, 4) is 11.5 Å². The van der Waals surface area contributed by atoms with Crippen molar-refractivity contribution in [3.05, 3.63) is 105 Å². The number of rotatable bonds is 5. The summed E-state index contributed by atoms with van der Waals surface area (Å²) in [6.45, 7) is 0.168. The molecule has 3 aromatic carbocycles. The van der Waals surface area contributed by atoms with Crippen molar-refractivity contribution < 1.29 is 23.6 Å². The summed E-state index contributed by atoms with van der Waals surface area (Å²) in [5, 5.41) is 10.9. The molecule has 0 aromatic heterocycles. The van der Waals surface area contributed by atoms with E-state index in [0.29, 0.717) is 28.2 Å². The number of non-ortho nitro benzene ring substituents is 1. The maximum absolute atomic E-state index is 13.3. The van der Waals surface area contributed by atoms with Crippen LogP contribution in [0.3, 0.4) is 0 Å². The maximum atomic E-state index is 13.3. The Morgan fingerprint density at radius 2 is 1.90 bits per heavy atom. The minimum Gasteiger partial charge on any atom is -0.489 e. The van der Waals surface area contributed by atoms with Gasteiger partial charge in [0.2, 0.25) is 5.78 Å². The molecular formula is C22H14FNO5. The Morgan fingerprint density at radius 1 is 1.07 bits per heavy atom. The molecule has 0 saturated heterocycles. The molecule has 0 aliphatic carbocycles. The normalized spacial score (nSPS) is 13.8. The molecule has 0 spiro atoms. The molecule has 0 N–H and O–H groups in total. The highest BCUT2D eigenvalue weighted by Crippen LogP contribution is 2.35. The number of Topliss-reactive ketones (excluding diaryl/α,β-unsaturated/α-hetero) is 1. The third-order valence-electron chi connectivity index (χ3n) is 4.31. The molecule has 144 valence electrons. The Morgan fingerprint density at radius 3 is 2.69 bits per heavy atom. The van der Waals surface area contributed by atoms with Crippen molar-refractivity contribution in [2.75, 3.05) is 0 Å². The number of fused-ring (bicyclic) bond motifs is 1. The number of carbonyl (C=O) groups excluding carboxylic acids is 1. The molecule has 0 amide bonds. The van der Waals surface area contributed by atoms with Crippen LogP contribution in [0.1, 0.15) is 21.5 Å². The second kappa shape index (κ2) is 7.55. The second-order valence-corrected chi connectivity index (χ2v) is 6.37. The van der Waals surface area contributed by atoms with E-state index in [2.05, 4.69) is 0 Å². The summed E-state index contributed by atoms with van der Waals surface area (Å²) >= 11 is 0. The fraction of sp³-hybridized carbons (Fsp3) is 0.0455. The van der Waals surface area contributed by atoms with Crippen LogP contribution in [0.15, 0.2) is 72.5 Å². The first-order chi connectivity index (χ1) is 14.0. The van der Waals surface area contributed by atoms with E-state index < -0.39 is 4.92 Å². The van der Waals surface area contributed by atoms with Crippen LogP contribution < -0.4 is 9.47 Å². The Kier molecular flexibility index (Phi) is 4.78. The molecule has 6 nitrogen and oxygen atoms in total. The fourth-order valence-corrected chi connectivity index (χ4v) is 2.93. The number of carbonyl (C=O) groups is 1. The largest absolute Gasteiger partial charge is 0.489 e. The number of ketones is 1. The van der Waals surface area contributed by atoms with Gasteiger partial charge in [0.15, 0.2) is 5.76 Å². The van der Waals surface area contributed by atoms with Crippen LogP contribution in [0.25, 0.3) is 6.08 Å². The molecular weight excluding hydrogens is 377 g/mol. The molecule has 1 aliphatic heterocycles. The molecule has 7 heteroatoms. The van der Waals surface area contributed by atoms with Crippen LogP contribution in [0, 0.1) is 15.9 Å². The summed E-state index contributed by atoms with van der Waals surface area (Å²) in [5.41, 5.74) is 1.46. The van der Waals surface area contributed by atoms with Crippen LogP contribution in [0.5, 0.6) is 11.5 Å². The van der Waals surface area contributed by atoms with E-state index in [1.165, 1.54) is 36.4 Å². The Labute approximate surface area is 165 Å². The van der Waals surface area contributed by atoms with Gasteiger partial charge in [-0.2, -0.15) is 0 Å². The topological polar surface area (TPSA) is 78.7 Å². The van der Waals surface area contributed by atoms with E-state index in [4.69, 9.17) is 9.47 Å². The zero-order chi connectivity index (χ0) is 20.4. The zero-order valence-electron chi connectivity index (χ0n) is 15.0. The van der Waals surface area contributed by atoms with E-state index in [1.807, 2.05) is 0 Å². The Bertz CT molecular complexity index is 1160. The fourth-order valence-electron chi connectivity index (χ4n) is 2.93. The highest BCUT2D eigenvalue weighted by Gasteiger charge is 2.27. The molecule has 0 atom stereocenters. The van der Waals surface area contributed by atoms with Crippen LogP contribution in [0.2, 0.25) is 0 Å². The van der Waals surface area contributed by atoms with Crippen molar-refractivity contribution >= 4 is 17.5 Å². The molecule has 29 heavy (non-hydrogen) atoms. The number of nitro benzene ring substituents is 1. The van der Waals surface area contributed by atoms with Gasteiger partial charge >= 0.3 is 0 Å². The molecule has 4 rings (SSSR count). The van der Waals surface area contributed by atoms with Gasteiger partial charge in [-0.05, 0) is 41.5 Å². The van der Waals surface area contributed by atoms with Gasteiger partial charge in [-0.3, -0.25) is 14.9 Å². The van der Waals surface area contributed by atoms with Gasteiger partial charge < -0.3 is 9.47 Å². The van der Waals surface area contributed by atoms with Crippen LogP contribution in [0.4, 0.5) is 10.1 Å². The van der Waals surface area contributed by atoms with Gasteiger partial charge in [0.25, 0.3) is 5.69 Å². The smallest absolute Gasteiger partial charge is 0.270 e. The standard InChI is InChI=1S/C22H14FNO5/c23-16-5-1-4-15(9-16)13-28-18-7-8-19-20(12-18)29-21(22(19)25)11-14-3-2-6-17(10-14)24(26)27/h1-12H,13H2/b21-11-. The molecule has 3 aromatic rings. The van der Waals surface area contributed by atoms with E-state index >= 15 is 0 Å². The summed E-state index contributed by atoms with van der Waals surface area (Å²) in [5.74, 6) is 0.219. The van der Waals surface area contributed by atoms with Gasteiger partial charge in [0.05, 0.1) is 10.5 Å². The number of allylic oxidation sites excluding steroid dienone is 1. The Balaban J connectivity index is 1.52. The summed E-state index contributed by atoms with van der Waals surface area (Å²) in [7, 11) is 0. The van der Waals surface area contributed by atoms with Gasteiger partial charge in [-0.25, -0.2) is 4.39 Å². The lowest BCUT2D eigenvalue weighted by molar-refractivity contribution is -0.384. The van der Waals surface area contributed by atoms with E-state index in [1.54, 1.807) is 36.4 Å². The highest BCUT2D eigenvalue weighted by molar-refractivity contribution is 6.14. The molecule has 1 aliphatic rings. The lowest BCUT2D eigenvalue weighted by Gasteiger charge is -2.07. The molecule has 0 unspecified atom stereocenters. The molecule has 0 saturated carbocycles. The van der Waals surface area contributed by atoms with Crippen molar-refractivity contribution in [2.24, 2.45) is 0 Å². The van der Waals surface area contributed by atoms with Gasteiger partial charge in [-0.15, -0.1) is 0 Å². The monoisotopic (exact) mass is 391 g/mol. The predicted molar refractivity (Wildman–Crippen MR) is 103 cm³/mol. The molecule has 0 fully saturated rings. The lowest BCUT2D eigenvalue weighted by atomic mass is 10.1. The molecule has 0 bridgehead atoms. The number of ether oxygens (including phenoxy) is 2. The number of halogens is 1. The van der Waals surface area contributed by atoms with Crippen LogP contribution >= 0.6 is 0 Å². The summed E-state index contributed by atoms with van der Waals surface area (Å²) in [6, 6.07) is 16.8. The molecule has 0 radical (unpaired) electrons. The van der Waals surface area contributed by atoms with Crippen molar-refractivity contribution in [3.63, 3.8) is 0 Å². The van der Waals surface area contributed by atoms with Gasteiger partial charge in [0.1, 0.15) is 23.9 Å². The minimum absolute atomic E-state index is 0.0720. The average molecular weight is 391 g/mol. The van der Waals surface area contributed by atoms with Crippen molar-refractivity contribution in [1.29, 1.82) is 0 Å². The third kappa shape index (κ3) is 3.98. The van der Waals surface area contributed by atoms with Gasteiger partial charge in [-0.1, -0.05) is 24.3 Å². The summed E-state index contributed by atoms with van der Waals surface area (Å²) in [6.07, 6.45) is 1.46. The van der Waals surface area contributed by atoms with E-state index in [0.717, 1.165) is 0 Å². The average Bonchev–Trinajstić information content (AvgIpc) is 3.01. The predicted octanol–water partition coefficient (Wildman–Crippen LogP) is 4.93. The number of nitrogens with zero attached hydrogens (tertiary/aromatic N) is 1. The summed E-state index contributed by atoms with van der Waals surface area (Å²) < 4.78 is 24.5. The lowest BCUT2D eigenvalue weighted by Crippen LogP contribution is -1.98. The number of benzene rings is 3. The number of hydrogen-bond acceptors (Lipinski definition) is 5. The SMILES string of the molecule is O=C1/C(=C/c2cccc([N+](=O)[O-])c2)Oc2cc(OCc3cccc(F)c3)ccc21. The first kappa shape index (κ1) is 18.4. The quantitative estimate of drug-likeness (QED) is 0.350. The van der Waals surface area contributed by atoms with Crippen LogP contribution in [-0.2, 0) is 6.61 Å². The first-order valence-corrected chi connectivity index (χ1v) is 8.69. The Hall–Kier alpha value is -4.00. The third-order valence-corrected chi connectivity index (χ3v) is 4.31. The highest BCUT2D eigenvalue weighted by atomic mass is 19.1. The second-order valence-electron chi connectivity index (χ2n) is 6.37. The van der Waals surface area contributed by atoms with Crippen molar-refractivity contribution in [1.82, 2.24) is 0 Å². The first-order valence-electron chi connectivity index (χ1n) is 8.69. The maximum Gasteiger partial charge on any atom is 0.270 e. The van der Waals surface area contributed by atoms with E-state index in [-0.39, 0.29) is 29.7 Å². The van der Waals surface area contributed by atoms with E-state index in [9.17, 15) is 19.3 Å². The number of nitro groups is 1. The van der Waals surface area contributed by atoms with Crippen molar-refractivity contribution in [2.45, 2.75) is 6.61 Å². The number of hydrogen-bond donors (Lipinski definition) is 0. The minimum atomic E-state index is -0.504. The van der Waals surface area contributed by atoms with Gasteiger partial charge in [0, 0.05) is 18.2 Å². The summed E-state index contributed by atoms with van der Waals surface area (Å²) in [4.78, 5) is 22.9.